The van der Waals surface area contributed by atoms with Crippen LogP contribution in [-0.4, -0.2) is 52.5 Å². The lowest BCUT2D eigenvalue weighted by Crippen LogP contribution is -2.51. The van der Waals surface area contributed by atoms with Crippen molar-refractivity contribution in [1.29, 1.82) is 0 Å². The van der Waals surface area contributed by atoms with Crippen LogP contribution < -0.4 is 11.1 Å². The fraction of sp³-hybridized carbons (Fsp3) is 0.400. The van der Waals surface area contributed by atoms with Crippen molar-refractivity contribution < 1.29 is 41.1 Å². The standard InChI is InChI=1S/C35H39F5N4O4/c1-3-9-44(10-4-2)32(46)25-16-24(31-43-8-11-48-31)18-34(19-25,33(41)47)29(15-23-13-27(36)17-28(37)14-23)30(45)21-42-20-22-6-5-7-26(12-22)35(38,39)40/h5-8,11-14,16-18,29-30,42,45H,3-4,9-10,15,19-21H2,1-2H3,(H2,41,47)/t29-,30+,34?/m1/s1. The molecular formula is C35H39F5N4O4. The molecule has 0 radical (unpaired) electrons. The number of aromatic nitrogens is 1. The Bertz CT molecular complexity index is 1610. The molecule has 1 unspecified atom stereocenters. The topological polar surface area (TPSA) is 122 Å². The third kappa shape index (κ3) is 8.75. The van der Waals surface area contributed by atoms with Crippen molar-refractivity contribution in [2.75, 3.05) is 19.6 Å². The number of oxazole rings is 1. The van der Waals surface area contributed by atoms with Gasteiger partial charge in [-0.1, -0.05) is 38.1 Å². The zero-order valence-corrected chi connectivity index (χ0v) is 26.7. The van der Waals surface area contributed by atoms with E-state index < -0.39 is 46.7 Å². The summed E-state index contributed by atoms with van der Waals surface area (Å²) in [6.45, 7) is 4.41. The summed E-state index contributed by atoms with van der Waals surface area (Å²) in [6.07, 6.45) is 0.570. The Morgan fingerprint density at radius 3 is 2.35 bits per heavy atom. The zero-order chi connectivity index (χ0) is 35.1. The molecule has 1 aromatic heterocycles. The molecule has 0 saturated heterocycles. The third-order valence-corrected chi connectivity index (χ3v) is 8.35. The summed E-state index contributed by atoms with van der Waals surface area (Å²) in [4.78, 5) is 33.4. The predicted molar refractivity (Wildman–Crippen MR) is 169 cm³/mol. The van der Waals surface area contributed by atoms with Crippen molar-refractivity contribution in [1.82, 2.24) is 15.2 Å². The molecule has 1 aliphatic rings. The monoisotopic (exact) mass is 674 g/mol. The van der Waals surface area contributed by atoms with Crippen LogP contribution in [0.1, 0.15) is 55.7 Å². The SMILES string of the molecule is CCCN(CCC)C(=O)C1=CC(c2ncco2)=CC(C(N)=O)([C@H](Cc2cc(F)cc(F)c2)[C@@H](O)CNCc2cccc(C(F)(F)F)c2)C1. The minimum atomic E-state index is -4.55. The van der Waals surface area contributed by atoms with Crippen molar-refractivity contribution >= 4 is 17.4 Å². The second kappa shape index (κ2) is 15.7. The molecule has 0 aliphatic heterocycles. The van der Waals surface area contributed by atoms with E-state index in [1.54, 1.807) is 11.0 Å². The Morgan fingerprint density at radius 2 is 1.77 bits per heavy atom. The maximum atomic E-state index is 14.4. The van der Waals surface area contributed by atoms with E-state index in [1.807, 2.05) is 13.8 Å². The molecule has 48 heavy (non-hydrogen) atoms. The average molecular weight is 675 g/mol. The number of allylic oxidation sites excluding steroid dienone is 2. The number of amides is 2. The predicted octanol–water partition coefficient (Wildman–Crippen LogP) is 5.82. The van der Waals surface area contributed by atoms with Gasteiger partial charge in [0, 0.05) is 49.3 Å². The molecule has 4 N–H and O–H groups in total. The summed E-state index contributed by atoms with van der Waals surface area (Å²) in [5.74, 6) is -4.12. The number of rotatable bonds is 15. The van der Waals surface area contributed by atoms with Crippen molar-refractivity contribution in [3.8, 4) is 0 Å². The fourth-order valence-electron chi connectivity index (χ4n) is 6.20. The molecule has 0 fully saturated rings. The smallest absolute Gasteiger partial charge is 0.416 e. The maximum Gasteiger partial charge on any atom is 0.416 e. The van der Waals surface area contributed by atoms with Gasteiger partial charge in [0.15, 0.2) is 0 Å². The van der Waals surface area contributed by atoms with Crippen LogP contribution in [0.3, 0.4) is 0 Å². The highest BCUT2D eigenvalue weighted by Crippen LogP contribution is 2.46. The highest BCUT2D eigenvalue weighted by molar-refractivity contribution is 6.00. The first kappa shape index (κ1) is 36.5. The van der Waals surface area contributed by atoms with E-state index in [4.69, 9.17) is 10.2 Å². The second-order valence-electron chi connectivity index (χ2n) is 12.0. The maximum absolute atomic E-state index is 14.4. The fourth-order valence-corrected chi connectivity index (χ4v) is 6.20. The van der Waals surface area contributed by atoms with Crippen LogP contribution in [0.5, 0.6) is 0 Å². The van der Waals surface area contributed by atoms with E-state index in [9.17, 15) is 36.6 Å². The number of aliphatic hydroxyl groups excluding tert-OH is 1. The zero-order valence-electron chi connectivity index (χ0n) is 26.7. The number of halogens is 5. The van der Waals surface area contributed by atoms with Crippen LogP contribution in [0.15, 0.2) is 77.1 Å². The number of nitrogens with zero attached hydrogens (tertiary/aromatic N) is 2. The lowest BCUT2D eigenvalue weighted by molar-refractivity contribution is -0.137. The summed E-state index contributed by atoms with van der Waals surface area (Å²) < 4.78 is 74.0. The number of benzene rings is 2. The molecule has 1 aliphatic carbocycles. The van der Waals surface area contributed by atoms with E-state index in [2.05, 4.69) is 10.3 Å². The Labute approximate surface area is 275 Å². The summed E-state index contributed by atoms with van der Waals surface area (Å²) in [6, 6.07) is 7.50. The van der Waals surface area contributed by atoms with Crippen LogP contribution >= 0.6 is 0 Å². The van der Waals surface area contributed by atoms with Gasteiger partial charge in [0.05, 0.1) is 23.3 Å². The normalized spacial score (nSPS) is 17.8. The van der Waals surface area contributed by atoms with Gasteiger partial charge in [0.25, 0.3) is 0 Å². The number of alkyl halides is 3. The molecule has 1 heterocycles. The van der Waals surface area contributed by atoms with Gasteiger partial charge in [0.2, 0.25) is 17.7 Å². The van der Waals surface area contributed by atoms with Crippen LogP contribution in [0.4, 0.5) is 22.0 Å². The first-order chi connectivity index (χ1) is 22.8. The van der Waals surface area contributed by atoms with Crippen molar-refractivity contribution in [3.63, 3.8) is 0 Å². The highest BCUT2D eigenvalue weighted by atomic mass is 19.4. The Balaban J connectivity index is 1.76. The van der Waals surface area contributed by atoms with Crippen LogP contribution in [0, 0.1) is 23.0 Å². The highest BCUT2D eigenvalue weighted by Gasteiger charge is 2.49. The molecule has 3 aromatic rings. The van der Waals surface area contributed by atoms with Gasteiger partial charge in [-0.2, -0.15) is 13.2 Å². The number of hydrogen-bond donors (Lipinski definition) is 3. The molecule has 258 valence electrons. The number of carbonyl (C=O) groups excluding carboxylic acids is 2. The number of primary amides is 1. The number of carbonyl (C=O) groups is 2. The molecular weight excluding hydrogens is 635 g/mol. The Morgan fingerprint density at radius 1 is 1.08 bits per heavy atom. The molecule has 4 rings (SSSR count). The van der Waals surface area contributed by atoms with Crippen LogP contribution in [0.25, 0.3) is 5.57 Å². The molecule has 8 nitrogen and oxygen atoms in total. The van der Waals surface area contributed by atoms with E-state index in [1.165, 1.54) is 30.7 Å². The number of aliphatic hydroxyl groups is 1. The molecule has 2 amide bonds. The summed E-state index contributed by atoms with van der Waals surface area (Å²) >= 11 is 0. The van der Waals surface area contributed by atoms with E-state index in [-0.39, 0.29) is 60.0 Å². The van der Waals surface area contributed by atoms with E-state index >= 15 is 0 Å². The Kier molecular flexibility index (Phi) is 11.9. The second-order valence-corrected chi connectivity index (χ2v) is 12.0. The van der Waals surface area contributed by atoms with Gasteiger partial charge in [0.1, 0.15) is 17.9 Å². The summed E-state index contributed by atoms with van der Waals surface area (Å²) in [5, 5.41) is 14.7. The first-order valence-electron chi connectivity index (χ1n) is 15.7. The molecule has 2 aromatic carbocycles. The van der Waals surface area contributed by atoms with E-state index in [0.717, 1.165) is 24.3 Å². The van der Waals surface area contributed by atoms with Gasteiger partial charge < -0.3 is 25.5 Å². The minimum Gasteiger partial charge on any atom is -0.445 e. The van der Waals surface area contributed by atoms with Gasteiger partial charge in [-0.15, -0.1) is 0 Å². The van der Waals surface area contributed by atoms with Gasteiger partial charge >= 0.3 is 6.18 Å². The quantitative estimate of drug-likeness (QED) is 0.175. The third-order valence-electron chi connectivity index (χ3n) is 8.35. The molecule has 13 heteroatoms. The van der Waals surface area contributed by atoms with Crippen molar-refractivity contribution in [2.24, 2.45) is 17.1 Å². The minimum absolute atomic E-state index is 0.0735. The van der Waals surface area contributed by atoms with Crippen LogP contribution in [-0.2, 0) is 28.7 Å². The molecule has 3 atom stereocenters. The van der Waals surface area contributed by atoms with Gasteiger partial charge in [-0.25, -0.2) is 13.8 Å². The van der Waals surface area contributed by atoms with Gasteiger partial charge in [-0.3, -0.25) is 9.59 Å². The van der Waals surface area contributed by atoms with Crippen molar-refractivity contribution in [3.05, 3.63) is 107 Å². The summed E-state index contributed by atoms with van der Waals surface area (Å²) in [7, 11) is 0. The average Bonchev–Trinajstić information content (AvgIpc) is 3.57. The molecule has 0 saturated carbocycles. The number of hydrogen-bond acceptors (Lipinski definition) is 6. The first-order valence-corrected chi connectivity index (χ1v) is 15.7. The summed E-state index contributed by atoms with van der Waals surface area (Å²) in [5.41, 5.74) is 4.35. The molecule has 0 spiro atoms. The van der Waals surface area contributed by atoms with Crippen LogP contribution in [0.2, 0.25) is 0 Å². The van der Waals surface area contributed by atoms with Crippen molar-refractivity contribution in [2.45, 2.75) is 58.4 Å². The number of nitrogens with one attached hydrogen (secondary N) is 1. The Hall–Kier alpha value is -4.36. The van der Waals surface area contributed by atoms with E-state index in [0.29, 0.717) is 32.0 Å². The van der Waals surface area contributed by atoms with Gasteiger partial charge in [-0.05, 0) is 61.1 Å². The lowest BCUT2D eigenvalue weighted by Gasteiger charge is -2.42. The molecule has 0 bridgehead atoms. The number of nitrogens with two attached hydrogens (primary N) is 1. The largest absolute Gasteiger partial charge is 0.445 e. The lowest BCUT2D eigenvalue weighted by atomic mass is 9.63.